The lowest BCUT2D eigenvalue weighted by atomic mass is 10.1. The number of hydrogen-bond donors (Lipinski definition) is 2. The van der Waals surface area contributed by atoms with Crippen LogP contribution in [0.1, 0.15) is 24.1 Å². The molecular formula is C18H21FN2O. The van der Waals surface area contributed by atoms with Crippen LogP contribution in [-0.2, 0) is 11.2 Å². The van der Waals surface area contributed by atoms with E-state index in [2.05, 4.69) is 10.6 Å². The third-order valence-corrected chi connectivity index (χ3v) is 3.47. The molecular weight excluding hydrogens is 279 g/mol. The minimum absolute atomic E-state index is 0.00685. The number of hydrogen-bond acceptors (Lipinski definition) is 2. The summed E-state index contributed by atoms with van der Waals surface area (Å²) in [5.74, 6) is -0.263. The van der Waals surface area contributed by atoms with Crippen molar-refractivity contribution in [2.75, 3.05) is 13.1 Å². The van der Waals surface area contributed by atoms with Crippen molar-refractivity contribution in [3.8, 4) is 0 Å². The van der Waals surface area contributed by atoms with Gasteiger partial charge in [-0.25, -0.2) is 4.39 Å². The molecule has 0 fully saturated rings. The van der Waals surface area contributed by atoms with Crippen molar-refractivity contribution < 1.29 is 9.18 Å². The molecule has 1 amide bonds. The molecule has 0 radical (unpaired) electrons. The van der Waals surface area contributed by atoms with Gasteiger partial charge in [-0.15, -0.1) is 0 Å². The third-order valence-electron chi connectivity index (χ3n) is 3.47. The van der Waals surface area contributed by atoms with E-state index in [-0.39, 0.29) is 24.3 Å². The molecule has 2 rings (SSSR count). The molecule has 0 heterocycles. The molecule has 0 aliphatic carbocycles. The first-order valence-corrected chi connectivity index (χ1v) is 7.44. The van der Waals surface area contributed by atoms with Gasteiger partial charge in [-0.3, -0.25) is 4.79 Å². The lowest BCUT2D eigenvalue weighted by Crippen LogP contribution is -2.36. The second kappa shape index (κ2) is 8.29. The van der Waals surface area contributed by atoms with Gasteiger partial charge >= 0.3 is 0 Å². The predicted molar refractivity (Wildman–Crippen MR) is 86.0 cm³/mol. The second-order valence-electron chi connectivity index (χ2n) is 5.25. The number of halogens is 1. The molecule has 1 atom stereocenters. The average molecular weight is 300 g/mol. The van der Waals surface area contributed by atoms with Crippen molar-refractivity contribution in [2.45, 2.75) is 19.4 Å². The summed E-state index contributed by atoms with van der Waals surface area (Å²) in [6.45, 7) is 2.92. The maximum Gasteiger partial charge on any atom is 0.234 e. The van der Waals surface area contributed by atoms with E-state index in [9.17, 15) is 9.18 Å². The summed E-state index contributed by atoms with van der Waals surface area (Å²) < 4.78 is 12.8. The van der Waals surface area contributed by atoms with E-state index in [0.29, 0.717) is 6.54 Å². The van der Waals surface area contributed by atoms with Crippen LogP contribution in [0.5, 0.6) is 0 Å². The van der Waals surface area contributed by atoms with Gasteiger partial charge in [0.05, 0.1) is 12.6 Å². The molecule has 2 aromatic carbocycles. The van der Waals surface area contributed by atoms with Gasteiger partial charge in [0.15, 0.2) is 0 Å². The molecule has 0 aromatic heterocycles. The first-order valence-electron chi connectivity index (χ1n) is 7.44. The van der Waals surface area contributed by atoms with Crippen LogP contribution in [0.4, 0.5) is 4.39 Å². The lowest BCUT2D eigenvalue weighted by Gasteiger charge is -2.14. The first-order chi connectivity index (χ1) is 10.6. The van der Waals surface area contributed by atoms with Crippen LogP contribution >= 0.6 is 0 Å². The summed E-state index contributed by atoms with van der Waals surface area (Å²) >= 11 is 0. The Hall–Kier alpha value is -2.20. The van der Waals surface area contributed by atoms with Crippen molar-refractivity contribution in [2.24, 2.45) is 0 Å². The van der Waals surface area contributed by atoms with Crippen LogP contribution in [0.25, 0.3) is 0 Å². The fraction of sp³-hybridized carbons (Fsp3) is 0.278. The second-order valence-corrected chi connectivity index (χ2v) is 5.25. The van der Waals surface area contributed by atoms with Crippen molar-refractivity contribution in [3.63, 3.8) is 0 Å². The lowest BCUT2D eigenvalue weighted by molar-refractivity contribution is -0.120. The SMILES string of the molecule is CC(NC(=O)CNCCc1ccc(F)cc1)c1ccccc1. The number of carbonyl (C=O) groups excluding carboxylic acids is 1. The molecule has 0 bridgehead atoms. The molecule has 0 saturated heterocycles. The van der Waals surface area contributed by atoms with Crippen LogP contribution in [0.15, 0.2) is 54.6 Å². The minimum Gasteiger partial charge on any atom is -0.348 e. The standard InChI is InChI=1S/C18H21FN2O/c1-14(16-5-3-2-4-6-16)21-18(22)13-20-12-11-15-7-9-17(19)10-8-15/h2-10,14,20H,11-13H2,1H3,(H,21,22). The molecule has 2 aromatic rings. The molecule has 0 spiro atoms. The van der Waals surface area contributed by atoms with E-state index < -0.39 is 0 Å². The minimum atomic E-state index is -0.231. The molecule has 1 unspecified atom stereocenters. The van der Waals surface area contributed by atoms with Gasteiger partial charge in [0.2, 0.25) is 5.91 Å². The zero-order valence-electron chi connectivity index (χ0n) is 12.7. The molecule has 0 aliphatic heterocycles. The Kier molecular flexibility index (Phi) is 6.10. The fourth-order valence-electron chi connectivity index (χ4n) is 2.20. The van der Waals surface area contributed by atoms with Gasteiger partial charge in [0, 0.05) is 0 Å². The number of carbonyl (C=O) groups is 1. The molecule has 0 saturated carbocycles. The van der Waals surface area contributed by atoms with Crippen LogP contribution < -0.4 is 10.6 Å². The van der Waals surface area contributed by atoms with Crippen LogP contribution in [0.3, 0.4) is 0 Å². The average Bonchev–Trinajstić information content (AvgIpc) is 2.54. The van der Waals surface area contributed by atoms with Gasteiger partial charge < -0.3 is 10.6 Å². The normalized spacial score (nSPS) is 11.9. The highest BCUT2D eigenvalue weighted by Gasteiger charge is 2.08. The van der Waals surface area contributed by atoms with E-state index in [4.69, 9.17) is 0 Å². The number of amides is 1. The Labute approximate surface area is 130 Å². The maximum atomic E-state index is 12.8. The molecule has 2 N–H and O–H groups in total. The summed E-state index contributed by atoms with van der Waals surface area (Å²) in [4.78, 5) is 11.9. The van der Waals surface area contributed by atoms with E-state index >= 15 is 0 Å². The first kappa shape index (κ1) is 16.2. The Bertz CT molecular complexity index is 584. The molecule has 22 heavy (non-hydrogen) atoms. The third kappa shape index (κ3) is 5.30. The summed E-state index contributed by atoms with van der Waals surface area (Å²) in [6, 6.07) is 16.3. The zero-order chi connectivity index (χ0) is 15.8. The quantitative estimate of drug-likeness (QED) is 0.772. The van der Waals surface area contributed by atoms with Crippen molar-refractivity contribution in [3.05, 3.63) is 71.5 Å². The van der Waals surface area contributed by atoms with Crippen LogP contribution in [0.2, 0.25) is 0 Å². The molecule has 3 nitrogen and oxygen atoms in total. The number of benzene rings is 2. The summed E-state index contributed by atoms with van der Waals surface area (Å²) in [5.41, 5.74) is 2.13. The Morgan fingerprint density at radius 2 is 1.77 bits per heavy atom. The molecule has 0 aliphatic rings. The smallest absolute Gasteiger partial charge is 0.234 e. The monoisotopic (exact) mass is 300 g/mol. The largest absolute Gasteiger partial charge is 0.348 e. The molecule has 116 valence electrons. The highest BCUT2D eigenvalue weighted by Crippen LogP contribution is 2.10. The highest BCUT2D eigenvalue weighted by atomic mass is 19.1. The summed E-state index contributed by atoms with van der Waals surface area (Å²) in [5, 5.41) is 6.05. The van der Waals surface area contributed by atoms with Gasteiger partial charge in [0.25, 0.3) is 0 Å². The summed E-state index contributed by atoms with van der Waals surface area (Å²) in [7, 11) is 0. The van der Waals surface area contributed by atoms with Gasteiger partial charge in [0.1, 0.15) is 5.82 Å². The molecule has 4 heteroatoms. The predicted octanol–water partition coefficient (Wildman–Crippen LogP) is 2.84. The Morgan fingerprint density at radius 3 is 2.45 bits per heavy atom. The van der Waals surface area contributed by atoms with E-state index in [1.165, 1.54) is 12.1 Å². The Balaban J connectivity index is 1.66. The van der Waals surface area contributed by atoms with Crippen molar-refractivity contribution in [1.82, 2.24) is 10.6 Å². The van der Waals surface area contributed by atoms with Crippen molar-refractivity contribution >= 4 is 5.91 Å². The Morgan fingerprint density at radius 1 is 1.09 bits per heavy atom. The van der Waals surface area contributed by atoms with Crippen LogP contribution in [0, 0.1) is 5.82 Å². The van der Waals surface area contributed by atoms with Gasteiger partial charge in [-0.2, -0.15) is 0 Å². The number of rotatable bonds is 7. The van der Waals surface area contributed by atoms with Gasteiger partial charge in [-0.05, 0) is 43.1 Å². The van der Waals surface area contributed by atoms with Crippen molar-refractivity contribution in [1.29, 1.82) is 0 Å². The van der Waals surface area contributed by atoms with E-state index in [1.54, 1.807) is 12.1 Å². The fourth-order valence-corrected chi connectivity index (χ4v) is 2.20. The highest BCUT2D eigenvalue weighted by molar-refractivity contribution is 5.78. The number of nitrogens with one attached hydrogen (secondary N) is 2. The van der Waals surface area contributed by atoms with Gasteiger partial charge in [-0.1, -0.05) is 42.5 Å². The van der Waals surface area contributed by atoms with E-state index in [0.717, 1.165) is 17.5 Å². The topological polar surface area (TPSA) is 41.1 Å². The van der Waals surface area contributed by atoms with Crippen LogP contribution in [-0.4, -0.2) is 19.0 Å². The van der Waals surface area contributed by atoms with E-state index in [1.807, 2.05) is 37.3 Å². The zero-order valence-corrected chi connectivity index (χ0v) is 12.7. The maximum absolute atomic E-state index is 12.8. The summed E-state index contributed by atoms with van der Waals surface area (Å²) in [6.07, 6.45) is 0.766.